The average molecular weight is 315 g/mol. The van der Waals surface area contributed by atoms with E-state index >= 15 is 0 Å². The van der Waals surface area contributed by atoms with Crippen LogP contribution < -0.4 is 10.1 Å². The number of halogens is 1. The van der Waals surface area contributed by atoms with E-state index in [9.17, 15) is 14.9 Å². The summed E-state index contributed by atoms with van der Waals surface area (Å²) in [6.07, 6.45) is 0.729. The van der Waals surface area contributed by atoms with E-state index in [2.05, 4.69) is 5.32 Å². The van der Waals surface area contributed by atoms with Gasteiger partial charge in [0, 0.05) is 18.0 Å². The minimum absolute atomic E-state index is 0.0436. The molecular weight excluding hydrogens is 296 g/mol. The lowest BCUT2D eigenvalue weighted by molar-refractivity contribution is -0.385. The van der Waals surface area contributed by atoms with E-state index in [0.717, 1.165) is 6.42 Å². The molecule has 0 aliphatic heterocycles. The number of nitro benzene ring substituents is 1. The third-order valence-electron chi connectivity index (χ3n) is 2.92. The first-order valence-corrected chi connectivity index (χ1v) is 7.12. The van der Waals surface area contributed by atoms with Gasteiger partial charge in [-0.1, -0.05) is 19.9 Å². The largest absolute Gasteiger partial charge is 0.490 e. The van der Waals surface area contributed by atoms with Crippen molar-refractivity contribution in [1.82, 2.24) is 5.32 Å². The van der Waals surface area contributed by atoms with Crippen LogP contribution in [-0.2, 0) is 0 Å². The summed E-state index contributed by atoms with van der Waals surface area (Å²) in [5, 5.41) is 13.7. The third-order valence-corrected chi connectivity index (χ3v) is 3.29. The highest BCUT2D eigenvalue weighted by Gasteiger charge is 2.24. The zero-order chi connectivity index (χ0) is 16.0. The maximum Gasteiger partial charge on any atom is 0.311 e. The molecule has 1 amide bonds. The molecule has 1 unspecified atom stereocenters. The third kappa shape index (κ3) is 4.60. The summed E-state index contributed by atoms with van der Waals surface area (Å²) in [6.45, 7) is 4.05. The molecule has 1 rings (SSSR count). The number of nitro groups is 1. The van der Waals surface area contributed by atoms with Crippen LogP contribution in [0.1, 0.15) is 30.6 Å². The zero-order valence-electron chi connectivity index (χ0n) is 12.3. The number of amides is 1. The van der Waals surface area contributed by atoms with E-state index in [1.807, 2.05) is 13.8 Å². The van der Waals surface area contributed by atoms with Crippen molar-refractivity contribution < 1.29 is 14.5 Å². The number of nitrogens with zero attached hydrogens (tertiary/aromatic N) is 1. The van der Waals surface area contributed by atoms with Gasteiger partial charge in [0.1, 0.15) is 0 Å². The van der Waals surface area contributed by atoms with Crippen LogP contribution in [0.25, 0.3) is 0 Å². The molecule has 21 heavy (non-hydrogen) atoms. The van der Waals surface area contributed by atoms with Gasteiger partial charge in [0.2, 0.25) is 5.75 Å². The van der Waals surface area contributed by atoms with Crippen LogP contribution in [-0.4, -0.2) is 29.9 Å². The SMILES string of the molecule is COc1c(C(=O)NC(CCl)CC(C)C)cccc1[N+](=O)[O-]. The molecule has 1 atom stereocenters. The van der Waals surface area contributed by atoms with E-state index < -0.39 is 10.8 Å². The van der Waals surface area contributed by atoms with Crippen LogP contribution in [0.3, 0.4) is 0 Å². The minimum Gasteiger partial charge on any atom is -0.490 e. The second-order valence-electron chi connectivity index (χ2n) is 5.07. The quantitative estimate of drug-likeness (QED) is 0.476. The Morgan fingerprint density at radius 1 is 1.48 bits per heavy atom. The molecule has 6 nitrogen and oxygen atoms in total. The van der Waals surface area contributed by atoms with E-state index in [0.29, 0.717) is 5.92 Å². The fourth-order valence-electron chi connectivity index (χ4n) is 2.05. The van der Waals surface area contributed by atoms with Crippen LogP contribution in [0.4, 0.5) is 5.69 Å². The molecule has 116 valence electrons. The average Bonchev–Trinajstić information content (AvgIpc) is 2.44. The number of nitrogens with one attached hydrogen (secondary N) is 1. The molecule has 1 aromatic carbocycles. The predicted octanol–water partition coefficient (Wildman–Crippen LogP) is 2.99. The number of hydrogen-bond acceptors (Lipinski definition) is 4. The van der Waals surface area contributed by atoms with Crippen LogP contribution in [0, 0.1) is 16.0 Å². The molecular formula is C14H19ClN2O4. The molecule has 7 heteroatoms. The molecule has 0 aliphatic rings. The molecule has 0 saturated carbocycles. The monoisotopic (exact) mass is 314 g/mol. The number of para-hydroxylation sites is 1. The predicted molar refractivity (Wildman–Crippen MR) is 81.1 cm³/mol. The van der Waals surface area contributed by atoms with Gasteiger partial charge < -0.3 is 10.1 Å². The Morgan fingerprint density at radius 3 is 2.62 bits per heavy atom. The normalized spacial score (nSPS) is 12.0. The summed E-state index contributed by atoms with van der Waals surface area (Å²) in [6, 6.07) is 4.04. The zero-order valence-corrected chi connectivity index (χ0v) is 13.0. The van der Waals surface area contributed by atoms with Gasteiger partial charge in [-0.15, -0.1) is 11.6 Å². The van der Waals surface area contributed by atoms with Crippen molar-refractivity contribution >= 4 is 23.2 Å². The molecule has 0 saturated heterocycles. The van der Waals surface area contributed by atoms with E-state index in [1.165, 1.54) is 25.3 Å². The van der Waals surface area contributed by atoms with E-state index in [-0.39, 0.29) is 28.9 Å². The standard InChI is InChI=1S/C14H19ClN2O4/c1-9(2)7-10(8-15)16-14(18)11-5-4-6-12(17(19)20)13(11)21-3/h4-6,9-10H,7-8H2,1-3H3,(H,16,18). The summed E-state index contributed by atoms with van der Waals surface area (Å²) in [5.74, 6) is 0.182. The molecule has 1 aromatic rings. The minimum atomic E-state index is -0.581. The summed E-state index contributed by atoms with van der Waals surface area (Å²) in [7, 11) is 1.30. The lowest BCUT2D eigenvalue weighted by Crippen LogP contribution is -2.37. The summed E-state index contributed by atoms with van der Waals surface area (Å²) >= 11 is 5.84. The number of carbonyl (C=O) groups excluding carboxylic acids is 1. The Labute approximate surface area is 128 Å². The molecule has 0 aromatic heterocycles. The van der Waals surface area contributed by atoms with Crippen LogP contribution >= 0.6 is 11.6 Å². The first kappa shape index (κ1) is 17.2. The van der Waals surface area contributed by atoms with E-state index in [4.69, 9.17) is 16.3 Å². The molecule has 0 heterocycles. The van der Waals surface area contributed by atoms with Gasteiger partial charge in [-0.25, -0.2) is 0 Å². The Balaban J connectivity index is 3.01. The molecule has 0 radical (unpaired) electrons. The topological polar surface area (TPSA) is 81.5 Å². The first-order chi connectivity index (χ1) is 9.90. The number of alkyl halides is 1. The molecule has 0 bridgehead atoms. The second-order valence-corrected chi connectivity index (χ2v) is 5.38. The van der Waals surface area contributed by atoms with Gasteiger partial charge >= 0.3 is 5.69 Å². The van der Waals surface area contributed by atoms with Gasteiger partial charge in [-0.05, 0) is 18.4 Å². The number of ether oxygens (including phenoxy) is 1. The van der Waals surface area contributed by atoms with Crippen LogP contribution in [0.5, 0.6) is 5.75 Å². The van der Waals surface area contributed by atoms with Gasteiger partial charge in [0.25, 0.3) is 5.91 Å². The summed E-state index contributed by atoms with van der Waals surface area (Å²) < 4.78 is 5.02. The number of methoxy groups -OCH3 is 1. The fraction of sp³-hybridized carbons (Fsp3) is 0.500. The van der Waals surface area contributed by atoms with Crippen molar-refractivity contribution in [3.05, 3.63) is 33.9 Å². The highest BCUT2D eigenvalue weighted by molar-refractivity contribution is 6.18. The highest BCUT2D eigenvalue weighted by atomic mass is 35.5. The van der Waals surface area contributed by atoms with Crippen molar-refractivity contribution in [2.45, 2.75) is 26.3 Å². The van der Waals surface area contributed by atoms with Crippen LogP contribution in [0.2, 0.25) is 0 Å². The number of rotatable bonds is 7. The Bertz CT molecular complexity index is 520. The van der Waals surface area contributed by atoms with Gasteiger partial charge in [0.05, 0.1) is 17.6 Å². The van der Waals surface area contributed by atoms with Gasteiger partial charge in [-0.3, -0.25) is 14.9 Å². The van der Waals surface area contributed by atoms with Crippen LogP contribution in [0.15, 0.2) is 18.2 Å². The maximum atomic E-state index is 12.3. The summed E-state index contributed by atoms with van der Waals surface area (Å²) in [5.41, 5.74) is -0.109. The highest BCUT2D eigenvalue weighted by Crippen LogP contribution is 2.30. The Kier molecular flexibility index (Phi) is 6.42. The lowest BCUT2D eigenvalue weighted by atomic mass is 10.0. The lowest BCUT2D eigenvalue weighted by Gasteiger charge is -2.18. The smallest absolute Gasteiger partial charge is 0.311 e. The van der Waals surface area contributed by atoms with Crippen molar-refractivity contribution in [2.24, 2.45) is 5.92 Å². The maximum absolute atomic E-state index is 12.3. The fourth-order valence-corrected chi connectivity index (χ4v) is 2.26. The van der Waals surface area contributed by atoms with Gasteiger partial charge in [-0.2, -0.15) is 0 Å². The summed E-state index contributed by atoms with van der Waals surface area (Å²) in [4.78, 5) is 22.6. The van der Waals surface area contributed by atoms with Crippen molar-refractivity contribution in [1.29, 1.82) is 0 Å². The van der Waals surface area contributed by atoms with Gasteiger partial charge in [0.15, 0.2) is 0 Å². The number of benzene rings is 1. The molecule has 1 N–H and O–H groups in total. The number of hydrogen-bond donors (Lipinski definition) is 1. The first-order valence-electron chi connectivity index (χ1n) is 6.58. The Morgan fingerprint density at radius 2 is 2.14 bits per heavy atom. The second kappa shape index (κ2) is 7.83. The molecule has 0 fully saturated rings. The van der Waals surface area contributed by atoms with Crippen molar-refractivity contribution in [3.63, 3.8) is 0 Å². The number of carbonyl (C=O) groups is 1. The van der Waals surface area contributed by atoms with Crippen molar-refractivity contribution in [3.8, 4) is 5.75 Å². The molecule has 0 aliphatic carbocycles. The van der Waals surface area contributed by atoms with E-state index in [1.54, 1.807) is 0 Å². The van der Waals surface area contributed by atoms with Crippen molar-refractivity contribution in [2.75, 3.05) is 13.0 Å². The molecule has 0 spiro atoms. The Hall–Kier alpha value is -1.82.